The van der Waals surface area contributed by atoms with Gasteiger partial charge in [-0.3, -0.25) is 5.41 Å². The highest BCUT2D eigenvalue weighted by Crippen LogP contribution is 2.29. The summed E-state index contributed by atoms with van der Waals surface area (Å²) in [5.74, 6) is -1.06. The molecule has 134 valence electrons. The van der Waals surface area contributed by atoms with Crippen LogP contribution < -0.4 is 0 Å². The van der Waals surface area contributed by atoms with Crippen LogP contribution in [0.2, 0.25) is 0 Å². The number of esters is 1. The first-order chi connectivity index (χ1) is 12.2. The summed E-state index contributed by atoms with van der Waals surface area (Å²) in [6.45, 7) is -0.0808. The molecule has 0 bridgehead atoms. The number of hydrogen-bond donors (Lipinski definition) is 1. The fourth-order valence-corrected chi connectivity index (χ4v) is 2.35. The number of halogens is 3. The zero-order valence-corrected chi connectivity index (χ0v) is 15.8. The monoisotopic (exact) mass is 410 g/mol. The molecule has 0 radical (unpaired) electrons. The van der Waals surface area contributed by atoms with Gasteiger partial charge in [0.1, 0.15) is 6.61 Å². The second kappa shape index (κ2) is 8.41. The van der Waals surface area contributed by atoms with E-state index in [9.17, 15) is 4.79 Å². The first kappa shape index (κ1) is 20.1. The van der Waals surface area contributed by atoms with Crippen LogP contribution in [-0.4, -0.2) is 22.8 Å². The van der Waals surface area contributed by atoms with Crippen molar-refractivity contribution in [3.8, 4) is 17.2 Å². The Morgan fingerprint density at radius 3 is 2.54 bits per heavy atom. The average Bonchev–Trinajstić information content (AvgIpc) is 2.64. The second-order valence-electron chi connectivity index (χ2n) is 5.22. The molecule has 0 amide bonds. The summed E-state index contributed by atoms with van der Waals surface area (Å²) >= 11 is 16.8. The Bertz CT molecular complexity index is 886. The Labute approximate surface area is 165 Å². The van der Waals surface area contributed by atoms with Gasteiger partial charge in [0.2, 0.25) is 5.90 Å². The number of nitrogens with zero attached hydrogens (tertiary/aromatic N) is 1. The number of nitriles is 1. The lowest BCUT2D eigenvalue weighted by Crippen LogP contribution is -2.21. The Hall–Kier alpha value is -2.26. The predicted molar refractivity (Wildman–Crippen MR) is 101 cm³/mol. The summed E-state index contributed by atoms with van der Waals surface area (Å²) in [5.41, 5.74) is 2.79. The average molecular weight is 412 g/mol. The summed E-state index contributed by atoms with van der Waals surface area (Å²) < 4.78 is 7.98. The number of hydrogen-bond acceptors (Lipinski definition) is 5. The first-order valence-corrected chi connectivity index (χ1v) is 8.39. The first-order valence-electron chi connectivity index (χ1n) is 7.26. The molecular weight excluding hydrogens is 399 g/mol. The molecule has 0 saturated heterocycles. The fourth-order valence-electron chi connectivity index (χ4n) is 2.18. The number of benzene rings is 2. The van der Waals surface area contributed by atoms with Gasteiger partial charge in [0.15, 0.2) is 0 Å². The van der Waals surface area contributed by atoms with Gasteiger partial charge in [-0.15, -0.1) is 0 Å². The SMILES string of the molecule is COC(=O)c1cc(COC(=N)C(Cl)(Cl)Cl)cc(-c2cccc(C#N)c2)c1. The molecule has 0 spiro atoms. The number of carbonyl (C=O) groups excluding carboxylic acids is 1. The summed E-state index contributed by atoms with van der Waals surface area (Å²) in [5, 5.41) is 16.6. The third-order valence-corrected chi connectivity index (χ3v) is 3.89. The van der Waals surface area contributed by atoms with Crippen molar-refractivity contribution >= 4 is 46.7 Å². The molecule has 2 aromatic rings. The third kappa shape index (κ3) is 5.12. The van der Waals surface area contributed by atoms with Gasteiger partial charge < -0.3 is 9.47 Å². The van der Waals surface area contributed by atoms with Gasteiger partial charge >= 0.3 is 5.97 Å². The topological polar surface area (TPSA) is 83.2 Å². The molecule has 0 fully saturated rings. The molecule has 8 heteroatoms. The van der Waals surface area contributed by atoms with Crippen molar-refractivity contribution in [2.45, 2.75) is 10.4 Å². The summed E-state index contributed by atoms with van der Waals surface area (Å²) in [6, 6.07) is 14.0. The molecule has 0 atom stereocenters. The van der Waals surface area contributed by atoms with Gasteiger partial charge in [0.05, 0.1) is 24.3 Å². The van der Waals surface area contributed by atoms with Crippen LogP contribution in [0.25, 0.3) is 11.1 Å². The molecule has 2 rings (SSSR count). The summed E-state index contributed by atoms with van der Waals surface area (Å²) in [7, 11) is 1.28. The van der Waals surface area contributed by atoms with Gasteiger partial charge in [-0.2, -0.15) is 5.26 Å². The maximum absolute atomic E-state index is 11.9. The highest BCUT2D eigenvalue weighted by atomic mass is 35.6. The number of alkyl halides is 3. The zero-order chi connectivity index (χ0) is 19.3. The number of nitrogens with one attached hydrogen (secondary N) is 1. The molecule has 0 aliphatic heterocycles. The van der Waals surface area contributed by atoms with E-state index in [4.69, 9.17) is 54.9 Å². The van der Waals surface area contributed by atoms with Crippen LogP contribution in [0.3, 0.4) is 0 Å². The Morgan fingerprint density at radius 1 is 1.19 bits per heavy atom. The predicted octanol–water partition coefficient (Wildman–Crippen LogP) is 4.88. The van der Waals surface area contributed by atoms with Crippen LogP contribution in [0, 0.1) is 16.7 Å². The third-order valence-electron chi connectivity index (χ3n) is 3.38. The van der Waals surface area contributed by atoms with Crippen molar-refractivity contribution in [3.05, 3.63) is 59.2 Å². The largest absolute Gasteiger partial charge is 0.473 e. The molecule has 0 aliphatic rings. The zero-order valence-electron chi connectivity index (χ0n) is 13.6. The number of carbonyl (C=O) groups is 1. The van der Waals surface area contributed by atoms with Gasteiger partial charge in [0.25, 0.3) is 3.79 Å². The Morgan fingerprint density at radius 2 is 1.92 bits per heavy atom. The molecule has 26 heavy (non-hydrogen) atoms. The normalized spacial score (nSPS) is 10.7. The highest BCUT2D eigenvalue weighted by Gasteiger charge is 2.28. The lowest BCUT2D eigenvalue weighted by Gasteiger charge is -2.15. The van der Waals surface area contributed by atoms with Crippen molar-refractivity contribution < 1.29 is 14.3 Å². The molecule has 0 heterocycles. The molecule has 0 unspecified atom stereocenters. The van der Waals surface area contributed by atoms with E-state index in [-0.39, 0.29) is 6.61 Å². The van der Waals surface area contributed by atoms with Crippen molar-refractivity contribution in [1.82, 2.24) is 0 Å². The minimum absolute atomic E-state index is 0.0808. The second-order valence-corrected chi connectivity index (χ2v) is 7.50. The van der Waals surface area contributed by atoms with E-state index in [0.29, 0.717) is 22.3 Å². The molecular formula is C18H13Cl3N2O3. The van der Waals surface area contributed by atoms with Crippen molar-refractivity contribution in [2.75, 3.05) is 7.11 Å². The van der Waals surface area contributed by atoms with Crippen LogP contribution in [0.4, 0.5) is 0 Å². The van der Waals surface area contributed by atoms with Gasteiger partial charge in [0, 0.05) is 0 Å². The number of ether oxygens (including phenoxy) is 2. The van der Waals surface area contributed by atoms with E-state index in [1.165, 1.54) is 7.11 Å². The lowest BCUT2D eigenvalue weighted by molar-refractivity contribution is 0.0600. The minimum atomic E-state index is -1.97. The molecule has 1 N–H and O–H groups in total. The standard InChI is InChI=1S/C18H13Cl3N2O3/c1-25-16(24)15-7-12(10-26-17(23)18(19,20)21)6-14(8-15)13-4-2-3-11(5-13)9-22/h2-8,23H,10H2,1H3. The van der Waals surface area contributed by atoms with Crippen LogP contribution in [-0.2, 0) is 16.1 Å². The smallest absolute Gasteiger partial charge is 0.337 e. The lowest BCUT2D eigenvalue weighted by atomic mass is 9.98. The maximum Gasteiger partial charge on any atom is 0.337 e. The molecule has 0 aliphatic carbocycles. The number of methoxy groups -OCH3 is 1. The van der Waals surface area contributed by atoms with Gasteiger partial charge in [-0.1, -0.05) is 46.9 Å². The molecule has 5 nitrogen and oxygen atoms in total. The molecule has 2 aromatic carbocycles. The van der Waals surface area contributed by atoms with Crippen LogP contribution in [0.1, 0.15) is 21.5 Å². The molecule has 0 aromatic heterocycles. The van der Waals surface area contributed by atoms with Crippen LogP contribution in [0.15, 0.2) is 42.5 Å². The summed E-state index contributed by atoms with van der Waals surface area (Å²) in [6.07, 6.45) is 0. The van der Waals surface area contributed by atoms with Gasteiger partial charge in [-0.25, -0.2) is 4.79 Å². The highest BCUT2D eigenvalue weighted by molar-refractivity contribution is 6.76. The van der Waals surface area contributed by atoms with E-state index < -0.39 is 15.7 Å². The fraction of sp³-hybridized carbons (Fsp3) is 0.167. The van der Waals surface area contributed by atoms with E-state index in [1.807, 2.05) is 6.07 Å². The van der Waals surface area contributed by atoms with Crippen molar-refractivity contribution in [1.29, 1.82) is 10.7 Å². The van der Waals surface area contributed by atoms with Gasteiger partial charge in [-0.05, 0) is 47.0 Å². The Balaban J connectivity index is 2.41. The van der Waals surface area contributed by atoms with E-state index in [1.54, 1.807) is 36.4 Å². The van der Waals surface area contributed by atoms with E-state index in [0.717, 1.165) is 5.56 Å². The quantitative estimate of drug-likeness (QED) is 0.336. The van der Waals surface area contributed by atoms with Crippen LogP contribution in [0.5, 0.6) is 0 Å². The number of rotatable bonds is 4. The summed E-state index contributed by atoms with van der Waals surface area (Å²) in [4.78, 5) is 11.9. The Kier molecular flexibility index (Phi) is 6.49. The van der Waals surface area contributed by atoms with Crippen molar-refractivity contribution in [3.63, 3.8) is 0 Å². The van der Waals surface area contributed by atoms with Crippen LogP contribution >= 0.6 is 34.8 Å². The van der Waals surface area contributed by atoms with Crippen molar-refractivity contribution in [2.24, 2.45) is 0 Å². The van der Waals surface area contributed by atoms with E-state index in [2.05, 4.69) is 6.07 Å². The molecule has 0 saturated carbocycles. The van der Waals surface area contributed by atoms with E-state index >= 15 is 0 Å². The maximum atomic E-state index is 11.9. The minimum Gasteiger partial charge on any atom is -0.473 e.